The number of aliphatic carboxylic acids is 1. The molecular formula is C27H27N3O5. The minimum absolute atomic E-state index is 0.106. The van der Waals surface area contributed by atoms with Crippen molar-refractivity contribution in [3.63, 3.8) is 0 Å². The van der Waals surface area contributed by atoms with E-state index in [-0.39, 0.29) is 18.2 Å². The highest BCUT2D eigenvalue weighted by Crippen LogP contribution is 2.23. The van der Waals surface area contributed by atoms with Crippen LogP contribution in [0.15, 0.2) is 72.8 Å². The standard InChI is InChI=1S/C27H27N3O5/c1-27(2,3)35-26(34)30-24(28)20-11-6-9-17(14-20)18-10-7-12-21(15-18)25(33)29-22-13-5-4-8-19(22)16-23(31)32/h4-15H,16H2,1-3H3,(H,29,33)(H,31,32)(H2,28,30,34). The van der Waals surface area contributed by atoms with Gasteiger partial charge >= 0.3 is 12.1 Å². The van der Waals surface area contributed by atoms with Crippen LogP contribution in [0.5, 0.6) is 0 Å². The smallest absolute Gasteiger partial charge is 0.413 e. The molecule has 0 unspecified atom stereocenters. The molecule has 0 saturated carbocycles. The van der Waals surface area contributed by atoms with E-state index in [0.717, 1.165) is 11.1 Å². The van der Waals surface area contributed by atoms with Crippen LogP contribution in [0.4, 0.5) is 10.5 Å². The van der Waals surface area contributed by atoms with Crippen molar-refractivity contribution in [3.05, 3.63) is 89.5 Å². The Morgan fingerprint density at radius 1 is 0.886 bits per heavy atom. The highest BCUT2D eigenvalue weighted by molar-refractivity contribution is 6.06. The third-order valence-electron chi connectivity index (χ3n) is 4.84. The maximum Gasteiger partial charge on any atom is 0.413 e. The first-order valence-electron chi connectivity index (χ1n) is 10.9. The van der Waals surface area contributed by atoms with E-state index in [1.165, 1.54) is 0 Å². The van der Waals surface area contributed by atoms with Crippen LogP contribution < -0.4 is 10.6 Å². The minimum atomic E-state index is -0.986. The Morgan fingerprint density at radius 2 is 1.49 bits per heavy atom. The molecule has 0 fully saturated rings. The van der Waals surface area contributed by atoms with Gasteiger partial charge in [0, 0.05) is 16.8 Å². The zero-order valence-electron chi connectivity index (χ0n) is 19.7. The Morgan fingerprint density at radius 3 is 2.11 bits per heavy atom. The fourth-order valence-electron chi connectivity index (χ4n) is 3.33. The summed E-state index contributed by atoms with van der Waals surface area (Å²) in [6.07, 6.45) is -0.915. The van der Waals surface area contributed by atoms with Crippen molar-refractivity contribution in [3.8, 4) is 11.1 Å². The van der Waals surface area contributed by atoms with Crippen molar-refractivity contribution in [2.24, 2.45) is 0 Å². The van der Waals surface area contributed by atoms with Crippen molar-refractivity contribution in [2.45, 2.75) is 32.8 Å². The maximum atomic E-state index is 12.9. The topological polar surface area (TPSA) is 129 Å². The Bertz CT molecular complexity index is 1280. The lowest BCUT2D eigenvalue weighted by Gasteiger charge is -2.20. The molecule has 0 radical (unpaired) electrons. The highest BCUT2D eigenvalue weighted by atomic mass is 16.6. The van der Waals surface area contributed by atoms with E-state index in [0.29, 0.717) is 22.4 Å². The lowest BCUT2D eigenvalue weighted by Crippen LogP contribution is -2.36. The number of ether oxygens (including phenoxy) is 1. The Labute approximate surface area is 203 Å². The Hall–Kier alpha value is -4.46. The summed E-state index contributed by atoms with van der Waals surface area (Å²) in [4.78, 5) is 36.0. The number of carboxylic acid groups (broad SMARTS) is 1. The third kappa shape index (κ3) is 7.26. The SMILES string of the molecule is CC(C)(C)OC(=O)NC(=N)c1cccc(-c2cccc(C(=O)Nc3ccccc3CC(=O)O)c2)c1. The van der Waals surface area contributed by atoms with Gasteiger partial charge in [-0.25, -0.2) is 4.79 Å². The van der Waals surface area contributed by atoms with E-state index in [9.17, 15) is 14.4 Å². The van der Waals surface area contributed by atoms with E-state index in [1.807, 2.05) is 12.1 Å². The van der Waals surface area contributed by atoms with Crippen LogP contribution in [-0.4, -0.2) is 34.5 Å². The van der Waals surface area contributed by atoms with E-state index in [1.54, 1.807) is 81.4 Å². The molecule has 8 heteroatoms. The van der Waals surface area contributed by atoms with Gasteiger partial charge in [-0.1, -0.05) is 48.5 Å². The number of hydrogen-bond donors (Lipinski definition) is 4. The molecule has 3 aromatic carbocycles. The second kappa shape index (κ2) is 10.6. The van der Waals surface area contributed by atoms with Gasteiger partial charge in [-0.2, -0.15) is 0 Å². The van der Waals surface area contributed by atoms with E-state index in [4.69, 9.17) is 15.3 Å². The highest BCUT2D eigenvalue weighted by Gasteiger charge is 2.18. The number of carbonyl (C=O) groups excluding carboxylic acids is 2. The number of carboxylic acids is 1. The number of nitrogens with one attached hydrogen (secondary N) is 3. The summed E-state index contributed by atoms with van der Waals surface area (Å²) in [5.41, 5.74) is 2.62. The first kappa shape index (κ1) is 25.2. The summed E-state index contributed by atoms with van der Waals surface area (Å²) >= 11 is 0. The van der Waals surface area contributed by atoms with E-state index in [2.05, 4.69) is 10.6 Å². The molecule has 0 saturated heterocycles. The molecule has 0 aromatic heterocycles. The van der Waals surface area contributed by atoms with Crippen molar-refractivity contribution >= 4 is 29.5 Å². The molecule has 3 rings (SSSR count). The number of amidine groups is 1. The summed E-state index contributed by atoms with van der Waals surface area (Å²) in [5, 5.41) is 22.5. The summed E-state index contributed by atoms with van der Waals surface area (Å²) in [7, 11) is 0. The van der Waals surface area contributed by atoms with Gasteiger partial charge < -0.3 is 15.2 Å². The number of alkyl carbamates (subject to hydrolysis) is 1. The quantitative estimate of drug-likeness (QED) is 0.293. The average molecular weight is 474 g/mol. The molecule has 4 N–H and O–H groups in total. The van der Waals surface area contributed by atoms with Crippen molar-refractivity contribution in [1.82, 2.24) is 5.32 Å². The number of amides is 2. The lowest BCUT2D eigenvalue weighted by molar-refractivity contribution is -0.136. The molecule has 0 aliphatic heterocycles. The van der Waals surface area contributed by atoms with Crippen LogP contribution in [0.3, 0.4) is 0 Å². The van der Waals surface area contributed by atoms with Gasteiger partial charge in [0.2, 0.25) is 0 Å². The van der Waals surface area contributed by atoms with E-state index >= 15 is 0 Å². The predicted molar refractivity (Wildman–Crippen MR) is 134 cm³/mol. The number of carbonyl (C=O) groups is 3. The van der Waals surface area contributed by atoms with Crippen molar-refractivity contribution in [2.75, 3.05) is 5.32 Å². The molecule has 0 spiro atoms. The molecule has 0 aliphatic carbocycles. The first-order valence-corrected chi connectivity index (χ1v) is 10.9. The molecule has 0 aliphatic rings. The van der Waals surface area contributed by atoms with Crippen LogP contribution in [-0.2, 0) is 16.0 Å². The average Bonchev–Trinajstić information content (AvgIpc) is 2.79. The Kier molecular flexibility index (Phi) is 7.66. The molecule has 8 nitrogen and oxygen atoms in total. The minimum Gasteiger partial charge on any atom is -0.481 e. The predicted octanol–water partition coefficient (Wildman–Crippen LogP) is 5.08. The fraction of sp³-hybridized carbons (Fsp3) is 0.185. The molecule has 3 aromatic rings. The molecule has 180 valence electrons. The normalized spacial score (nSPS) is 10.8. The molecule has 0 atom stereocenters. The Balaban J connectivity index is 1.78. The summed E-state index contributed by atoms with van der Waals surface area (Å²) in [6.45, 7) is 5.22. The van der Waals surface area contributed by atoms with Crippen LogP contribution in [0.1, 0.15) is 42.3 Å². The van der Waals surface area contributed by atoms with Gasteiger partial charge in [0.05, 0.1) is 6.42 Å². The van der Waals surface area contributed by atoms with Crippen molar-refractivity contribution in [1.29, 1.82) is 5.41 Å². The second-order valence-corrected chi connectivity index (χ2v) is 8.85. The zero-order valence-corrected chi connectivity index (χ0v) is 19.7. The first-order chi connectivity index (χ1) is 16.5. The van der Waals surface area contributed by atoms with Crippen LogP contribution in [0.25, 0.3) is 11.1 Å². The van der Waals surface area contributed by atoms with Crippen LogP contribution in [0, 0.1) is 5.41 Å². The lowest BCUT2D eigenvalue weighted by atomic mass is 10.0. The molecular weight excluding hydrogens is 446 g/mol. The molecule has 2 amide bonds. The summed E-state index contributed by atoms with van der Waals surface area (Å²) in [5.74, 6) is -1.47. The summed E-state index contributed by atoms with van der Waals surface area (Å²) < 4.78 is 5.20. The maximum absolute atomic E-state index is 12.9. The van der Waals surface area contributed by atoms with Gasteiger partial charge in [0.25, 0.3) is 5.91 Å². The number of rotatable bonds is 6. The number of benzene rings is 3. The second-order valence-electron chi connectivity index (χ2n) is 8.85. The molecule has 0 heterocycles. The molecule has 35 heavy (non-hydrogen) atoms. The third-order valence-corrected chi connectivity index (χ3v) is 4.84. The van der Waals surface area contributed by atoms with Crippen molar-refractivity contribution < 1.29 is 24.2 Å². The van der Waals surface area contributed by atoms with Gasteiger partial charge in [0.15, 0.2) is 0 Å². The van der Waals surface area contributed by atoms with Crippen LogP contribution >= 0.6 is 0 Å². The number of hydrogen-bond acceptors (Lipinski definition) is 5. The monoisotopic (exact) mass is 473 g/mol. The fourth-order valence-corrected chi connectivity index (χ4v) is 3.33. The van der Waals surface area contributed by atoms with Crippen LogP contribution in [0.2, 0.25) is 0 Å². The van der Waals surface area contributed by atoms with Gasteiger partial charge in [0.1, 0.15) is 11.4 Å². The summed E-state index contributed by atoms with van der Waals surface area (Å²) in [6, 6.07) is 20.7. The van der Waals surface area contributed by atoms with Gasteiger partial charge in [-0.05, 0) is 61.7 Å². The largest absolute Gasteiger partial charge is 0.481 e. The van der Waals surface area contributed by atoms with Gasteiger partial charge in [-0.3, -0.25) is 20.3 Å². The molecule has 0 bridgehead atoms. The van der Waals surface area contributed by atoms with Gasteiger partial charge in [-0.15, -0.1) is 0 Å². The van der Waals surface area contributed by atoms with E-state index < -0.39 is 17.7 Å². The number of anilines is 1. The number of para-hydroxylation sites is 1. The zero-order chi connectivity index (χ0) is 25.6.